The molecule has 0 aliphatic carbocycles. The maximum Gasteiger partial charge on any atom is 0.240 e. The lowest BCUT2D eigenvalue weighted by atomic mass is 10.0. The summed E-state index contributed by atoms with van der Waals surface area (Å²) in [5, 5.41) is 0.676. The van der Waals surface area contributed by atoms with Crippen molar-refractivity contribution in [3.63, 3.8) is 0 Å². The molecule has 2 aromatic carbocycles. The number of hydrogen-bond donors (Lipinski definition) is 1. The number of nitrogens with one attached hydrogen (secondary N) is 1. The molecule has 1 N–H and O–H groups in total. The molecule has 0 bridgehead atoms. The Morgan fingerprint density at radius 1 is 1.00 bits per heavy atom. The van der Waals surface area contributed by atoms with Crippen molar-refractivity contribution in [3.05, 3.63) is 64.7 Å². The molecule has 0 fully saturated rings. The molecule has 2 rings (SSSR count). The first-order chi connectivity index (χ1) is 10.4. The van der Waals surface area contributed by atoms with Gasteiger partial charge >= 0.3 is 0 Å². The van der Waals surface area contributed by atoms with Crippen LogP contribution in [0.1, 0.15) is 30.9 Å². The van der Waals surface area contributed by atoms with Crippen LogP contribution < -0.4 is 4.72 Å². The quantitative estimate of drug-likeness (QED) is 0.866. The second-order valence-electron chi connectivity index (χ2n) is 5.50. The van der Waals surface area contributed by atoms with Gasteiger partial charge in [-0.2, -0.15) is 0 Å². The van der Waals surface area contributed by atoms with E-state index in [-0.39, 0.29) is 0 Å². The standard InChI is InChI=1S/C17H20ClNO2S/c1-13(2)15-5-9-17(10-6-15)22(20,21)19-12-11-14-3-7-16(18)8-4-14/h3-10,13,19H,11-12H2,1-2H3. The number of benzene rings is 2. The highest BCUT2D eigenvalue weighted by Gasteiger charge is 2.13. The minimum atomic E-state index is -3.46. The van der Waals surface area contributed by atoms with Crippen LogP contribution in [-0.4, -0.2) is 15.0 Å². The van der Waals surface area contributed by atoms with Crippen LogP contribution in [0, 0.1) is 0 Å². The largest absolute Gasteiger partial charge is 0.240 e. The zero-order valence-electron chi connectivity index (χ0n) is 12.7. The summed E-state index contributed by atoms with van der Waals surface area (Å²) in [7, 11) is -3.46. The highest BCUT2D eigenvalue weighted by Crippen LogP contribution is 2.17. The molecule has 0 unspecified atom stereocenters. The van der Waals surface area contributed by atoms with Gasteiger partial charge in [0.2, 0.25) is 10.0 Å². The highest BCUT2D eigenvalue weighted by atomic mass is 35.5. The number of rotatable bonds is 6. The molecular weight excluding hydrogens is 318 g/mol. The van der Waals surface area contributed by atoms with Crippen LogP contribution in [0.5, 0.6) is 0 Å². The third-order valence-electron chi connectivity index (χ3n) is 3.48. The van der Waals surface area contributed by atoms with E-state index in [0.717, 1.165) is 11.1 Å². The predicted molar refractivity (Wildman–Crippen MR) is 90.9 cm³/mol. The number of sulfonamides is 1. The van der Waals surface area contributed by atoms with Gasteiger partial charge in [-0.25, -0.2) is 13.1 Å². The van der Waals surface area contributed by atoms with Crippen molar-refractivity contribution in [1.29, 1.82) is 0 Å². The van der Waals surface area contributed by atoms with Gasteiger partial charge in [-0.05, 0) is 47.7 Å². The zero-order chi connectivity index (χ0) is 16.2. The van der Waals surface area contributed by atoms with E-state index in [1.54, 1.807) is 24.3 Å². The van der Waals surface area contributed by atoms with E-state index >= 15 is 0 Å². The molecule has 0 spiro atoms. The van der Waals surface area contributed by atoms with Gasteiger partial charge in [0.05, 0.1) is 4.90 Å². The van der Waals surface area contributed by atoms with Gasteiger partial charge in [0.1, 0.15) is 0 Å². The molecule has 0 aliphatic rings. The first-order valence-electron chi connectivity index (χ1n) is 7.22. The van der Waals surface area contributed by atoms with Gasteiger partial charge in [-0.1, -0.05) is 49.7 Å². The lowest BCUT2D eigenvalue weighted by molar-refractivity contribution is 0.581. The fourth-order valence-electron chi connectivity index (χ4n) is 2.10. The van der Waals surface area contributed by atoms with Gasteiger partial charge in [0.15, 0.2) is 0 Å². The predicted octanol–water partition coefficient (Wildman–Crippen LogP) is 3.98. The molecule has 3 nitrogen and oxygen atoms in total. The van der Waals surface area contributed by atoms with Crippen LogP contribution >= 0.6 is 11.6 Å². The highest BCUT2D eigenvalue weighted by molar-refractivity contribution is 7.89. The molecule has 2 aromatic rings. The first kappa shape index (κ1) is 17.0. The first-order valence-corrected chi connectivity index (χ1v) is 9.08. The topological polar surface area (TPSA) is 46.2 Å². The van der Waals surface area contributed by atoms with E-state index in [0.29, 0.717) is 28.8 Å². The zero-order valence-corrected chi connectivity index (χ0v) is 14.3. The molecule has 0 aliphatic heterocycles. The normalized spacial score (nSPS) is 11.8. The van der Waals surface area contributed by atoms with Crippen LogP contribution in [0.2, 0.25) is 5.02 Å². The summed E-state index contributed by atoms with van der Waals surface area (Å²) < 4.78 is 27.1. The van der Waals surface area contributed by atoms with Crippen LogP contribution in [-0.2, 0) is 16.4 Å². The second kappa shape index (κ2) is 7.27. The van der Waals surface area contributed by atoms with Gasteiger partial charge < -0.3 is 0 Å². The molecule has 22 heavy (non-hydrogen) atoms. The molecule has 5 heteroatoms. The molecule has 0 saturated carbocycles. The molecule has 0 saturated heterocycles. The number of hydrogen-bond acceptors (Lipinski definition) is 2. The molecule has 0 aromatic heterocycles. The van der Waals surface area contributed by atoms with E-state index in [4.69, 9.17) is 11.6 Å². The van der Waals surface area contributed by atoms with Crippen molar-refractivity contribution in [3.8, 4) is 0 Å². The van der Waals surface area contributed by atoms with E-state index < -0.39 is 10.0 Å². The van der Waals surface area contributed by atoms with E-state index in [2.05, 4.69) is 18.6 Å². The lowest BCUT2D eigenvalue weighted by Gasteiger charge is -2.09. The fraction of sp³-hybridized carbons (Fsp3) is 0.294. The third-order valence-corrected chi connectivity index (χ3v) is 5.20. The average molecular weight is 338 g/mol. The summed E-state index contributed by atoms with van der Waals surface area (Å²) in [5.41, 5.74) is 2.17. The van der Waals surface area contributed by atoms with Crippen molar-refractivity contribution in [2.24, 2.45) is 0 Å². The Bertz CT molecular complexity index is 707. The minimum absolute atomic E-state index is 0.299. The van der Waals surface area contributed by atoms with Gasteiger partial charge in [0, 0.05) is 11.6 Å². The van der Waals surface area contributed by atoms with Crippen LogP contribution in [0.4, 0.5) is 0 Å². The Balaban J connectivity index is 1.97. The summed E-state index contributed by atoms with van der Waals surface area (Å²) >= 11 is 5.82. The van der Waals surface area contributed by atoms with Crippen molar-refractivity contribution in [1.82, 2.24) is 4.72 Å². The van der Waals surface area contributed by atoms with Gasteiger partial charge in [-0.15, -0.1) is 0 Å². The van der Waals surface area contributed by atoms with Crippen molar-refractivity contribution in [2.75, 3.05) is 6.54 Å². The maximum atomic E-state index is 12.2. The minimum Gasteiger partial charge on any atom is -0.211 e. The Labute approximate surface area is 137 Å². The fourth-order valence-corrected chi connectivity index (χ4v) is 3.25. The molecule has 0 amide bonds. The Morgan fingerprint density at radius 3 is 2.14 bits per heavy atom. The molecule has 0 radical (unpaired) electrons. The molecular formula is C17H20ClNO2S. The summed E-state index contributed by atoms with van der Waals surface area (Å²) in [6.45, 7) is 4.51. The van der Waals surface area contributed by atoms with Crippen molar-refractivity contribution >= 4 is 21.6 Å². The Morgan fingerprint density at radius 2 is 1.59 bits per heavy atom. The van der Waals surface area contributed by atoms with Crippen LogP contribution in [0.25, 0.3) is 0 Å². The van der Waals surface area contributed by atoms with E-state index in [1.165, 1.54) is 0 Å². The summed E-state index contributed by atoms with van der Waals surface area (Å²) in [5.74, 6) is 0.384. The lowest BCUT2D eigenvalue weighted by Crippen LogP contribution is -2.26. The second-order valence-corrected chi connectivity index (χ2v) is 7.70. The summed E-state index contributed by atoms with van der Waals surface area (Å²) in [6.07, 6.45) is 0.625. The third kappa shape index (κ3) is 4.57. The van der Waals surface area contributed by atoms with Crippen LogP contribution in [0.3, 0.4) is 0 Å². The monoisotopic (exact) mass is 337 g/mol. The Kier molecular flexibility index (Phi) is 5.62. The molecule has 118 valence electrons. The van der Waals surface area contributed by atoms with E-state index in [9.17, 15) is 8.42 Å². The van der Waals surface area contributed by atoms with Crippen LogP contribution in [0.15, 0.2) is 53.4 Å². The SMILES string of the molecule is CC(C)c1ccc(S(=O)(=O)NCCc2ccc(Cl)cc2)cc1. The summed E-state index contributed by atoms with van der Waals surface area (Å²) in [4.78, 5) is 0.299. The van der Waals surface area contributed by atoms with Gasteiger partial charge in [-0.3, -0.25) is 0 Å². The number of halogens is 1. The van der Waals surface area contributed by atoms with E-state index in [1.807, 2.05) is 24.3 Å². The molecule has 0 heterocycles. The smallest absolute Gasteiger partial charge is 0.211 e. The van der Waals surface area contributed by atoms with Gasteiger partial charge in [0.25, 0.3) is 0 Å². The van der Waals surface area contributed by atoms with Crippen molar-refractivity contribution < 1.29 is 8.42 Å². The maximum absolute atomic E-state index is 12.2. The Hall–Kier alpha value is -1.36. The molecule has 0 atom stereocenters. The summed E-state index contributed by atoms with van der Waals surface area (Å²) in [6, 6.07) is 14.4. The average Bonchev–Trinajstić information content (AvgIpc) is 2.49. The van der Waals surface area contributed by atoms with Crippen molar-refractivity contribution in [2.45, 2.75) is 31.1 Å².